The summed E-state index contributed by atoms with van der Waals surface area (Å²) in [5, 5.41) is 35.7. The van der Waals surface area contributed by atoms with E-state index in [-0.39, 0.29) is 37.8 Å². The molecule has 1 unspecified atom stereocenters. The van der Waals surface area contributed by atoms with Gasteiger partial charge in [-0.05, 0) is 134 Å². The number of carbonyl (C=O) groups is 1. The van der Waals surface area contributed by atoms with Gasteiger partial charge in [-0.2, -0.15) is 0 Å². The molecule has 18 nitrogen and oxygen atoms in total. The van der Waals surface area contributed by atoms with Crippen molar-refractivity contribution >= 4 is 5.91 Å². The Hall–Kier alpha value is -4.35. The summed E-state index contributed by atoms with van der Waals surface area (Å²) in [6, 6.07) is 4.52. The van der Waals surface area contributed by atoms with Crippen molar-refractivity contribution in [2.45, 2.75) is 254 Å². The zero-order chi connectivity index (χ0) is 69.1. The Kier molecular flexibility index (Phi) is 41.3. The van der Waals surface area contributed by atoms with Crippen molar-refractivity contribution in [1.29, 1.82) is 0 Å². The number of rotatable bonds is 20. The minimum atomic E-state index is -2.54. The number of nitrogens with one attached hydrogen (secondary N) is 8. The van der Waals surface area contributed by atoms with E-state index in [9.17, 15) is 27.5 Å². The third-order valence-electron chi connectivity index (χ3n) is 15.3. The molecule has 1 atom stereocenters. The molecule has 8 aliphatic rings. The minimum absolute atomic E-state index is 0.0637. The van der Waals surface area contributed by atoms with Crippen molar-refractivity contribution in [2.75, 3.05) is 118 Å². The maximum atomic E-state index is 12.8. The van der Waals surface area contributed by atoms with Gasteiger partial charge in [0.1, 0.15) is 0 Å². The topological polar surface area (TPSA) is 171 Å². The Morgan fingerprint density at radius 2 is 0.813 bits per heavy atom. The van der Waals surface area contributed by atoms with Crippen LogP contribution in [0.1, 0.15) is 182 Å². The molecule has 8 rings (SSSR count). The first-order chi connectivity index (χ1) is 42.4. The van der Waals surface area contributed by atoms with Crippen LogP contribution >= 0.6 is 0 Å². The second-order valence-corrected chi connectivity index (χ2v) is 28.2. The average molecular weight is 1300 g/mol. The zero-order valence-corrected chi connectivity index (χ0v) is 60.5. The lowest BCUT2D eigenvalue weighted by atomic mass is 9.97. The van der Waals surface area contributed by atoms with Gasteiger partial charge in [-0.25, -0.2) is 17.6 Å². The van der Waals surface area contributed by atoms with Crippen LogP contribution in [0.5, 0.6) is 0 Å². The van der Waals surface area contributed by atoms with Crippen LogP contribution in [0.25, 0.3) is 0 Å². The van der Waals surface area contributed by atoms with E-state index in [4.69, 9.17) is 9.47 Å². The van der Waals surface area contributed by atoms with E-state index < -0.39 is 17.4 Å². The SMILES string of the molecule is C=C(NC(C)C)N1CC(C)(O)C1.C=C(NC(C)C)N1CCC(F)(F)C1.C=C(NC(C)C)N1CCC(F)(F)CC1.C=C(NC(C)C)N1CCC1.C=C(NC(C)C)N1CCOCC1.CC(C)C(=O)N1CCCCC1.CC(C)NC1CCNCC1.CC(C)NC1CCOC1. The van der Waals surface area contributed by atoms with Crippen LogP contribution in [0.15, 0.2) is 62.0 Å². The molecule has 0 aromatic carbocycles. The van der Waals surface area contributed by atoms with Gasteiger partial charge in [0.2, 0.25) is 5.91 Å². The molecular formula is C69H136F4N14O4. The number of ether oxygens (including phenoxy) is 2. The van der Waals surface area contributed by atoms with Crippen molar-refractivity contribution < 1.29 is 36.9 Å². The second kappa shape index (κ2) is 44.3. The average Bonchev–Trinajstić information content (AvgIpc) is 1.40. The van der Waals surface area contributed by atoms with Gasteiger partial charge in [0, 0.05) is 158 Å². The maximum absolute atomic E-state index is 12.8. The summed E-state index contributed by atoms with van der Waals surface area (Å²) < 4.78 is 61.7. The maximum Gasteiger partial charge on any atom is 0.266 e. The Balaban J connectivity index is 0.000000522. The van der Waals surface area contributed by atoms with E-state index in [0.717, 1.165) is 81.9 Å². The number of β-amino-alcohol motifs (C(OH)–C–C–N with tert-alkyl or cyclic N) is 1. The number of alkyl halides is 4. The van der Waals surface area contributed by atoms with Crippen LogP contribution in [0, 0.1) is 5.92 Å². The van der Waals surface area contributed by atoms with Crippen LogP contribution in [0.3, 0.4) is 0 Å². The van der Waals surface area contributed by atoms with Crippen molar-refractivity contribution in [3.63, 3.8) is 0 Å². The molecule has 8 aliphatic heterocycles. The molecule has 1 amide bonds. The fraction of sp³-hybridized carbons (Fsp3) is 0.841. The molecule has 0 bridgehead atoms. The fourth-order valence-corrected chi connectivity index (χ4v) is 10.7. The van der Waals surface area contributed by atoms with E-state index in [0.29, 0.717) is 86.7 Å². The monoisotopic (exact) mass is 1300 g/mol. The summed E-state index contributed by atoms with van der Waals surface area (Å²) in [5.74, 6) is -0.137. The number of aliphatic hydroxyl groups is 1. The smallest absolute Gasteiger partial charge is 0.266 e. The quantitative estimate of drug-likeness (QED) is 0.0528. The molecule has 22 heteroatoms. The molecule has 8 fully saturated rings. The first-order valence-corrected chi connectivity index (χ1v) is 34.6. The van der Waals surface area contributed by atoms with Crippen molar-refractivity contribution in [3.05, 3.63) is 62.0 Å². The Morgan fingerprint density at radius 1 is 0.440 bits per heavy atom. The van der Waals surface area contributed by atoms with Gasteiger partial charge >= 0.3 is 0 Å². The number of piperidine rings is 3. The molecule has 0 radical (unpaired) electrons. The lowest BCUT2D eigenvalue weighted by Crippen LogP contribution is -2.60. The highest BCUT2D eigenvalue weighted by Crippen LogP contribution is 2.30. The molecule has 0 spiro atoms. The second-order valence-electron chi connectivity index (χ2n) is 28.2. The first-order valence-electron chi connectivity index (χ1n) is 34.6. The van der Waals surface area contributed by atoms with Gasteiger partial charge in [-0.15, -0.1) is 0 Å². The van der Waals surface area contributed by atoms with Gasteiger partial charge < -0.3 is 86.5 Å². The number of halogens is 4. The van der Waals surface area contributed by atoms with Crippen LogP contribution in [-0.2, 0) is 14.3 Å². The summed E-state index contributed by atoms with van der Waals surface area (Å²) >= 11 is 0. The van der Waals surface area contributed by atoms with Gasteiger partial charge in [0.05, 0.1) is 61.1 Å². The van der Waals surface area contributed by atoms with Crippen molar-refractivity contribution in [2.24, 2.45) is 5.92 Å². The molecular weight excluding hydrogens is 1160 g/mol. The highest BCUT2D eigenvalue weighted by molar-refractivity contribution is 5.78. The molecule has 0 aliphatic carbocycles. The third kappa shape index (κ3) is 40.5. The molecule has 0 aromatic heterocycles. The number of likely N-dealkylation sites (tertiary alicyclic amines) is 5. The van der Waals surface area contributed by atoms with E-state index in [1.807, 2.05) is 63.2 Å². The van der Waals surface area contributed by atoms with Gasteiger partial charge in [0.15, 0.2) is 0 Å². The number of nitrogens with zero attached hydrogens (tertiary/aromatic N) is 6. The van der Waals surface area contributed by atoms with E-state index in [1.165, 1.54) is 71.1 Å². The molecule has 9 N–H and O–H groups in total. The number of hydrogen-bond acceptors (Lipinski definition) is 17. The lowest BCUT2D eigenvalue weighted by Gasteiger charge is -2.46. The predicted molar refractivity (Wildman–Crippen MR) is 372 cm³/mol. The Labute approximate surface area is 552 Å². The van der Waals surface area contributed by atoms with Crippen LogP contribution in [0.4, 0.5) is 17.6 Å². The number of hydrogen-bond donors (Lipinski definition) is 9. The van der Waals surface area contributed by atoms with E-state index in [1.54, 1.807) is 4.90 Å². The van der Waals surface area contributed by atoms with Crippen LogP contribution in [-0.4, -0.2) is 230 Å². The molecule has 8 heterocycles. The van der Waals surface area contributed by atoms with E-state index >= 15 is 0 Å². The summed E-state index contributed by atoms with van der Waals surface area (Å²) in [5.41, 5.74) is -0.512. The zero-order valence-electron chi connectivity index (χ0n) is 60.5. The summed E-state index contributed by atoms with van der Waals surface area (Å²) in [7, 11) is 0. The van der Waals surface area contributed by atoms with Crippen LogP contribution < -0.4 is 42.5 Å². The largest absolute Gasteiger partial charge is 0.386 e. The molecule has 0 saturated carbocycles. The molecule has 8 saturated heterocycles. The highest BCUT2D eigenvalue weighted by atomic mass is 19.3. The first kappa shape index (κ1) is 84.7. The molecule has 0 aromatic rings. The van der Waals surface area contributed by atoms with E-state index in [2.05, 4.69) is 154 Å². The van der Waals surface area contributed by atoms with Crippen molar-refractivity contribution in [1.82, 2.24) is 71.9 Å². The summed E-state index contributed by atoms with van der Waals surface area (Å²) in [4.78, 5) is 23.4. The highest BCUT2D eigenvalue weighted by Gasteiger charge is 2.39. The lowest BCUT2D eigenvalue weighted by molar-refractivity contribution is -0.135. The van der Waals surface area contributed by atoms with Gasteiger partial charge in [-0.3, -0.25) is 4.79 Å². The molecule has 91 heavy (non-hydrogen) atoms. The number of morpholine rings is 1. The van der Waals surface area contributed by atoms with Gasteiger partial charge in [-0.1, -0.05) is 74.4 Å². The van der Waals surface area contributed by atoms with Crippen molar-refractivity contribution in [3.8, 4) is 0 Å². The summed E-state index contributed by atoms with van der Waals surface area (Å²) in [6.45, 7) is 68.9. The Morgan fingerprint density at radius 3 is 1.16 bits per heavy atom. The number of carbonyl (C=O) groups excluding carboxylic acids is 1. The standard InChI is InChI=1S/C10H18F2N2.C9H16F2N2.2C9H18N2O.C9H17NO.C8H16N2.C8H18N2.C7H15NO/c1-8(2)13-9(3)14-6-4-10(11,12)5-7-14;1-7(2)12-8(3)13-5-4-9(10,11)6-13;1-7(2)10-8(3)11-5-9(4,12)6-11;1-8(2)10-9(3)11-4-6-12-7-5-11;1-8(2)9(11)10-6-4-3-5-7-10;1-7(2)9-8(3)10-5-4-6-10;1-7(2)10-8-3-5-9-6-4-8;1-6(2)8-7-3-4-9-5-7/h8,13H,3-7H2,1-2H3;7,12H,3-6H2,1-2H3;7,10,12H,3,5-6H2,1-2,4H3;8,10H,3-7H2,1-2H3;8H,3-7H2,1-2H3;7,9H,3-6H2,1-2H3;7-10H,3-6H2,1-2H3;6-8H,3-5H2,1-2H3. The third-order valence-corrected chi connectivity index (χ3v) is 15.3. The van der Waals surface area contributed by atoms with Crippen LogP contribution in [0.2, 0.25) is 0 Å². The fourth-order valence-electron chi connectivity index (χ4n) is 10.7. The number of amides is 1. The normalized spacial score (nSPS) is 20.6. The predicted octanol–water partition coefficient (Wildman–Crippen LogP) is 9.62. The van der Waals surface area contributed by atoms with Gasteiger partial charge in [0.25, 0.3) is 11.8 Å². The Bertz CT molecular complexity index is 2000. The summed E-state index contributed by atoms with van der Waals surface area (Å²) in [6.07, 6.45) is 8.56. The molecule has 534 valence electrons. The minimum Gasteiger partial charge on any atom is -0.386 e.